The molecule has 1 nitrogen and oxygen atoms in total. The summed E-state index contributed by atoms with van der Waals surface area (Å²) in [7, 11) is 0. The minimum Gasteiger partial charge on any atom is -0.374 e. The third kappa shape index (κ3) is 5.50. The van der Waals surface area contributed by atoms with E-state index in [1.165, 1.54) is 30.4 Å². The van der Waals surface area contributed by atoms with Gasteiger partial charge in [0.2, 0.25) is 0 Å². The Labute approximate surface area is 101 Å². The van der Waals surface area contributed by atoms with Gasteiger partial charge in [0.25, 0.3) is 0 Å². The number of hydrogen-bond acceptors (Lipinski definition) is 1. The fraction of sp³-hybridized carbons (Fsp3) is 0.733. The third-order valence-corrected chi connectivity index (χ3v) is 3.14. The first-order valence-corrected chi connectivity index (χ1v) is 6.50. The summed E-state index contributed by atoms with van der Waals surface area (Å²) in [5, 5.41) is 0. The van der Waals surface area contributed by atoms with Crippen LogP contribution in [0.4, 0.5) is 0 Å². The maximum atomic E-state index is 5.75. The molecule has 1 aliphatic heterocycles. The second-order valence-corrected chi connectivity index (χ2v) is 5.37. The van der Waals surface area contributed by atoms with Gasteiger partial charge in [0.15, 0.2) is 0 Å². The minimum atomic E-state index is 0.371. The van der Waals surface area contributed by atoms with Crippen molar-refractivity contribution in [2.45, 2.75) is 59.5 Å². The predicted octanol–water partition coefficient (Wildman–Crippen LogP) is 4.49. The van der Waals surface area contributed by atoms with Crippen LogP contribution in [-0.4, -0.2) is 12.7 Å². The number of hydrogen-bond donors (Lipinski definition) is 0. The highest BCUT2D eigenvalue weighted by Gasteiger charge is 2.17. The molecule has 1 aliphatic rings. The van der Waals surface area contributed by atoms with Crippen LogP contribution in [0.2, 0.25) is 0 Å². The molecule has 0 N–H and O–H groups in total. The second-order valence-electron chi connectivity index (χ2n) is 5.37. The molecule has 1 rings (SSSR count). The molecule has 0 aliphatic carbocycles. The number of allylic oxidation sites excluding steroid dienone is 3. The molecule has 0 spiro atoms. The van der Waals surface area contributed by atoms with Crippen LogP contribution in [0.15, 0.2) is 23.3 Å². The zero-order chi connectivity index (χ0) is 12.0. The molecular formula is C15H26O. The molecule has 16 heavy (non-hydrogen) atoms. The Balaban J connectivity index is 2.34. The van der Waals surface area contributed by atoms with Gasteiger partial charge in [-0.25, -0.2) is 0 Å². The molecule has 1 saturated heterocycles. The molecule has 1 fully saturated rings. The van der Waals surface area contributed by atoms with E-state index in [-0.39, 0.29) is 0 Å². The maximum absolute atomic E-state index is 5.75. The summed E-state index contributed by atoms with van der Waals surface area (Å²) < 4.78 is 5.75. The van der Waals surface area contributed by atoms with Crippen LogP contribution >= 0.6 is 0 Å². The van der Waals surface area contributed by atoms with Gasteiger partial charge in [-0.3, -0.25) is 0 Å². The van der Waals surface area contributed by atoms with E-state index in [1.807, 2.05) is 0 Å². The van der Waals surface area contributed by atoms with Gasteiger partial charge in [0.1, 0.15) is 0 Å². The Bertz CT molecular complexity index is 259. The van der Waals surface area contributed by atoms with Crippen molar-refractivity contribution in [3.63, 3.8) is 0 Å². The molecule has 1 heteroatoms. The smallest absolute Gasteiger partial charge is 0.0760 e. The van der Waals surface area contributed by atoms with E-state index in [2.05, 4.69) is 39.8 Å². The van der Waals surface area contributed by atoms with E-state index in [0.29, 0.717) is 6.10 Å². The Morgan fingerprint density at radius 3 is 2.69 bits per heavy atom. The molecule has 0 aromatic rings. The minimum absolute atomic E-state index is 0.371. The largest absolute Gasteiger partial charge is 0.374 e. The second kappa shape index (κ2) is 6.90. The summed E-state index contributed by atoms with van der Waals surface area (Å²) in [6.07, 6.45) is 9.75. The Morgan fingerprint density at radius 1 is 1.31 bits per heavy atom. The lowest BCUT2D eigenvalue weighted by Crippen LogP contribution is -2.22. The van der Waals surface area contributed by atoms with Gasteiger partial charge in [0.05, 0.1) is 6.10 Å². The first-order chi connectivity index (χ1) is 7.58. The number of ether oxygens (including phenoxy) is 1. The summed E-state index contributed by atoms with van der Waals surface area (Å²) >= 11 is 0. The fourth-order valence-corrected chi connectivity index (χ4v) is 2.11. The van der Waals surface area contributed by atoms with Crippen molar-refractivity contribution in [1.82, 2.24) is 0 Å². The van der Waals surface area contributed by atoms with Gasteiger partial charge in [-0.05, 0) is 52.4 Å². The lowest BCUT2D eigenvalue weighted by atomic mass is 9.96. The molecule has 0 amide bonds. The van der Waals surface area contributed by atoms with Crippen LogP contribution in [0.3, 0.4) is 0 Å². The topological polar surface area (TPSA) is 9.23 Å². The molecule has 0 saturated carbocycles. The van der Waals surface area contributed by atoms with Crippen molar-refractivity contribution >= 4 is 0 Å². The van der Waals surface area contributed by atoms with E-state index in [1.54, 1.807) is 0 Å². The molecule has 1 heterocycles. The van der Waals surface area contributed by atoms with Gasteiger partial charge < -0.3 is 4.74 Å². The quantitative estimate of drug-likeness (QED) is 0.637. The molecule has 0 bridgehead atoms. The highest BCUT2D eigenvalue weighted by Crippen LogP contribution is 2.21. The SMILES string of the molecule is CC(C)=CCC/C(C)=C\[C@H]1C[C@@H](C)CCO1. The zero-order valence-corrected chi connectivity index (χ0v) is 11.3. The zero-order valence-electron chi connectivity index (χ0n) is 11.3. The number of rotatable bonds is 4. The third-order valence-electron chi connectivity index (χ3n) is 3.14. The van der Waals surface area contributed by atoms with E-state index >= 15 is 0 Å². The first-order valence-electron chi connectivity index (χ1n) is 6.50. The van der Waals surface area contributed by atoms with Crippen molar-refractivity contribution in [3.05, 3.63) is 23.3 Å². The molecule has 0 aromatic carbocycles. The van der Waals surface area contributed by atoms with Gasteiger partial charge >= 0.3 is 0 Å². The van der Waals surface area contributed by atoms with Crippen LogP contribution in [0, 0.1) is 5.92 Å². The van der Waals surface area contributed by atoms with Gasteiger partial charge in [-0.15, -0.1) is 0 Å². The van der Waals surface area contributed by atoms with Gasteiger partial charge in [-0.1, -0.05) is 30.2 Å². The van der Waals surface area contributed by atoms with Crippen LogP contribution in [0.1, 0.15) is 53.4 Å². The molecular weight excluding hydrogens is 196 g/mol. The summed E-state index contributed by atoms with van der Waals surface area (Å²) in [4.78, 5) is 0. The summed E-state index contributed by atoms with van der Waals surface area (Å²) in [5.74, 6) is 0.820. The van der Waals surface area contributed by atoms with Crippen LogP contribution < -0.4 is 0 Å². The molecule has 0 aromatic heterocycles. The predicted molar refractivity (Wildman–Crippen MR) is 70.6 cm³/mol. The van der Waals surface area contributed by atoms with Crippen molar-refractivity contribution in [3.8, 4) is 0 Å². The van der Waals surface area contributed by atoms with Crippen molar-refractivity contribution in [2.75, 3.05) is 6.61 Å². The highest BCUT2D eigenvalue weighted by atomic mass is 16.5. The van der Waals surface area contributed by atoms with Crippen molar-refractivity contribution < 1.29 is 4.74 Å². The Kier molecular flexibility index (Phi) is 5.83. The van der Waals surface area contributed by atoms with Gasteiger partial charge in [-0.2, -0.15) is 0 Å². The summed E-state index contributed by atoms with van der Waals surface area (Å²) in [6, 6.07) is 0. The van der Waals surface area contributed by atoms with E-state index in [4.69, 9.17) is 4.74 Å². The normalized spacial score (nSPS) is 26.6. The lowest BCUT2D eigenvalue weighted by Gasteiger charge is -2.25. The van der Waals surface area contributed by atoms with Crippen molar-refractivity contribution in [2.24, 2.45) is 5.92 Å². The molecule has 0 radical (unpaired) electrons. The average molecular weight is 222 g/mol. The average Bonchev–Trinajstić information content (AvgIpc) is 2.16. The maximum Gasteiger partial charge on any atom is 0.0760 e. The Hall–Kier alpha value is -0.560. The molecule has 2 atom stereocenters. The monoisotopic (exact) mass is 222 g/mol. The van der Waals surface area contributed by atoms with Gasteiger partial charge in [0, 0.05) is 6.61 Å². The summed E-state index contributed by atoms with van der Waals surface area (Å²) in [5.41, 5.74) is 2.88. The van der Waals surface area contributed by atoms with E-state index in [0.717, 1.165) is 18.9 Å². The summed E-state index contributed by atoms with van der Waals surface area (Å²) in [6.45, 7) is 9.79. The Morgan fingerprint density at radius 2 is 2.06 bits per heavy atom. The lowest BCUT2D eigenvalue weighted by molar-refractivity contribution is 0.0234. The molecule has 0 unspecified atom stereocenters. The first kappa shape index (κ1) is 13.5. The fourth-order valence-electron chi connectivity index (χ4n) is 2.11. The van der Waals surface area contributed by atoms with Crippen LogP contribution in [0.5, 0.6) is 0 Å². The van der Waals surface area contributed by atoms with E-state index < -0.39 is 0 Å². The van der Waals surface area contributed by atoms with Crippen LogP contribution in [-0.2, 0) is 4.74 Å². The molecule has 92 valence electrons. The van der Waals surface area contributed by atoms with Crippen LogP contribution in [0.25, 0.3) is 0 Å². The van der Waals surface area contributed by atoms with Crippen molar-refractivity contribution in [1.29, 1.82) is 0 Å². The standard InChI is InChI=1S/C15H26O/c1-12(2)6-5-7-13(3)10-15-11-14(4)8-9-16-15/h6,10,14-15H,5,7-9,11H2,1-4H3/b13-10-/t14-,15-/m0/s1. The van der Waals surface area contributed by atoms with E-state index in [9.17, 15) is 0 Å². The highest BCUT2D eigenvalue weighted by molar-refractivity contribution is 5.05.